The molecule has 19 heavy (non-hydrogen) atoms. The highest BCUT2D eigenvalue weighted by molar-refractivity contribution is 6.01. The second kappa shape index (κ2) is 6.82. The lowest BCUT2D eigenvalue weighted by Crippen LogP contribution is -2.31. The van der Waals surface area contributed by atoms with Crippen molar-refractivity contribution in [3.05, 3.63) is 12.2 Å². The fraction of sp³-hybridized carbons (Fsp3) is 0.538. The molecule has 1 rings (SSSR count). The van der Waals surface area contributed by atoms with Crippen molar-refractivity contribution < 1.29 is 24.0 Å². The number of carbonyl (C=O) groups excluding carboxylic acids is 4. The van der Waals surface area contributed by atoms with Gasteiger partial charge in [0.05, 0.1) is 0 Å². The van der Waals surface area contributed by atoms with E-state index in [9.17, 15) is 19.2 Å². The number of imide groups is 1. The first-order chi connectivity index (χ1) is 8.91. The van der Waals surface area contributed by atoms with Crippen LogP contribution in [0.3, 0.4) is 0 Å². The van der Waals surface area contributed by atoms with Gasteiger partial charge in [0.25, 0.3) is 11.8 Å². The Morgan fingerprint density at radius 2 is 1.68 bits per heavy atom. The van der Waals surface area contributed by atoms with Crippen LogP contribution in [0.5, 0.6) is 0 Å². The smallest absolute Gasteiger partial charge is 0.330 e. The number of hydrogen-bond acceptors (Lipinski definition) is 5. The fourth-order valence-corrected chi connectivity index (χ4v) is 1.57. The van der Waals surface area contributed by atoms with Crippen LogP contribution in [0, 0.1) is 0 Å². The molecule has 2 amide bonds. The Hall–Kier alpha value is -1.98. The summed E-state index contributed by atoms with van der Waals surface area (Å²) in [7, 11) is 0. The molecule has 1 aliphatic heterocycles. The molecular formula is C13H17NO5. The van der Waals surface area contributed by atoms with E-state index < -0.39 is 17.8 Å². The third-order valence-corrected chi connectivity index (χ3v) is 2.71. The highest BCUT2D eigenvalue weighted by Crippen LogP contribution is 2.13. The number of hydroxylamine groups is 2. The van der Waals surface area contributed by atoms with E-state index in [0.717, 1.165) is 0 Å². The van der Waals surface area contributed by atoms with Crippen LogP contribution in [0.4, 0.5) is 0 Å². The van der Waals surface area contributed by atoms with Crippen LogP contribution in [0.1, 0.15) is 45.4 Å². The van der Waals surface area contributed by atoms with Crippen LogP contribution < -0.4 is 0 Å². The van der Waals surface area contributed by atoms with Crippen LogP contribution in [0.15, 0.2) is 12.2 Å². The van der Waals surface area contributed by atoms with Gasteiger partial charge in [-0.1, -0.05) is 6.58 Å². The molecule has 6 heteroatoms. The van der Waals surface area contributed by atoms with Gasteiger partial charge in [-0.05, 0) is 25.3 Å². The van der Waals surface area contributed by atoms with E-state index in [-0.39, 0.29) is 25.0 Å². The Bertz CT molecular complexity index is 411. The van der Waals surface area contributed by atoms with Gasteiger partial charge >= 0.3 is 5.97 Å². The zero-order chi connectivity index (χ0) is 14.4. The Morgan fingerprint density at radius 1 is 1.16 bits per heavy atom. The number of rotatable bonds is 7. The summed E-state index contributed by atoms with van der Waals surface area (Å²) in [5, 5.41) is 0.529. The summed E-state index contributed by atoms with van der Waals surface area (Å²) in [5.41, 5.74) is 0.496. The predicted octanol–water partition coefficient (Wildman–Crippen LogP) is 1.30. The maximum absolute atomic E-state index is 11.4. The lowest BCUT2D eigenvalue weighted by atomic mass is 10.1. The SMILES string of the molecule is C=C(C)C(=O)CCCCC(=O)ON1C(=O)CCC1=O. The first-order valence-electron chi connectivity index (χ1n) is 6.17. The van der Waals surface area contributed by atoms with Crippen molar-refractivity contribution in [2.75, 3.05) is 0 Å². The largest absolute Gasteiger partial charge is 0.333 e. The molecule has 1 fully saturated rings. The maximum atomic E-state index is 11.4. The van der Waals surface area contributed by atoms with Gasteiger partial charge in [-0.3, -0.25) is 14.4 Å². The van der Waals surface area contributed by atoms with E-state index in [1.165, 1.54) is 0 Å². The molecule has 0 saturated carbocycles. The molecule has 0 spiro atoms. The van der Waals surface area contributed by atoms with Crippen molar-refractivity contribution in [1.29, 1.82) is 0 Å². The lowest BCUT2D eigenvalue weighted by Gasteiger charge is -2.12. The molecular weight excluding hydrogens is 250 g/mol. The molecule has 0 radical (unpaired) electrons. The molecule has 0 N–H and O–H groups in total. The third-order valence-electron chi connectivity index (χ3n) is 2.71. The molecule has 0 aromatic heterocycles. The summed E-state index contributed by atoms with van der Waals surface area (Å²) in [6.45, 7) is 5.17. The monoisotopic (exact) mass is 267 g/mol. The number of hydrogen-bond donors (Lipinski definition) is 0. The minimum atomic E-state index is -0.633. The second-order valence-corrected chi connectivity index (χ2v) is 4.46. The molecule has 1 aliphatic rings. The van der Waals surface area contributed by atoms with Crippen molar-refractivity contribution in [1.82, 2.24) is 5.06 Å². The van der Waals surface area contributed by atoms with Gasteiger partial charge in [-0.2, -0.15) is 0 Å². The van der Waals surface area contributed by atoms with E-state index in [4.69, 9.17) is 0 Å². The quantitative estimate of drug-likeness (QED) is 0.394. The molecule has 6 nitrogen and oxygen atoms in total. The van der Waals surface area contributed by atoms with Crippen LogP contribution in [-0.4, -0.2) is 28.6 Å². The minimum absolute atomic E-state index is 0.0294. The Morgan fingerprint density at radius 3 is 2.21 bits per heavy atom. The molecule has 1 heterocycles. The summed E-state index contributed by atoms with van der Waals surface area (Å²) in [6.07, 6.45) is 1.58. The topological polar surface area (TPSA) is 80.8 Å². The molecule has 1 saturated heterocycles. The number of nitrogens with zero attached hydrogens (tertiary/aromatic N) is 1. The van der Waals surface area contributed by atoms with Gasteiger partial charge < -0.3 is 4.84 Å². The van der Waals surface area contributed by atoms with Crippen molar-refractivity contribution in [2.24, 2.45) is 0 Å². The summed E-state index contributed by atoms with van der Waals surface area (Å²) in [6, 6.07) is 0. The summed E-state index contributed by atoms with van der Waals surface area (Å²) in [5.74, 6) is -1.64. The predicted molar refractivity (Wildman–Crippen MR) is 65.5 cm³/mol. The average Bonchev–Trinajstić information content (AvgIpc) is 2.66. The van der Waals surface area contributed by atoms with Crippen molar-refractivity contribution in [3.8, 4) is 0 Å². The van der Waals surface area contributed by atoms with Crippen molar-refractivity contribution in [2.45, 2.75) is 45.4 Å². The number of amides is 2. The molecule has 0 aliphatic carbocycles. The van der Waals surface area contributed by atoms with Crippen molar-refractivity contribution >= 4 is 23.6 Å². The molecule has 0 aromatic rings. The highest BCUT2D eigenvalue weighted by atomic mass is 16.7. The number of carbonyl (C=O) groups is 4. The van der Waals surface area contributed by atoms with Crippen LogP contribution in [0.25, 0.3) is 0 Å². The summed E-state index contributed by atoms with van der Waals surface area (Å²) >= 11 is 0. The van der Waals surface area contributed by atoms with E-state index in [0.29, 0.717) is 29.9 Å². The minimum Gasteiger partial charge on any atom is -0.330 e. The summed E-state index contributed by atoms with van der Waals surface area (Å²) < 4.78 is 0. The van der Waals surface area contributed by atoms with Crippen LogP contribution in [-0.2, 0) is 24.0 Å². The van der Waals surface area contributed by atoms with Gasteiger partial charge in [0.1, 0.15) is 0 Å². The van der Waals surface area contributed by atoms with E-state index in [1.807, 2.05) is 0 Å². The normalized spacial score (nSPS) is 14.7. The molecule has 104 valence electrons. The average molecular weight is 267 g/mol. The number of allylic oxidation sites excluding steroid dienone is 1. The number of Topliss-reactive ketones (excluding diaryl/α,β-unsaturated/α-hetero) is 1. The van der Waals surface area contributed by atoms with Gasteiger partial charge in [0, 0.05) is 25.7 Å². The van der Waals surface area contributed by atoms with Crippen LogP contribution in [0.2, 0.25) is 0 Å². The van der Waals surface area contributed by atoms with Gasteiger partial charge in [-0.15, -0.1) is 5.06 Å². The van der Waals surface area contributed by atoms with Crippen LogP contribution >= 0.6 is 0 Å². The lowest BCUT2D eigenvalue weighted by molar-refractivity contribution is -0.197. The first kappa shape index (κ1) is 15.1. The Balaban J connectivity index is 2.21. The molecule has 0 atom stereocenters. The molecule has 0 unspecified atom stereocenters. The molecule has 0 aromatic carbocycles. The first-order valence-corrected chi connectivity index (χ1v) is 6.17. The Labute approximate surface area is 111 Å². The fourth-order valence-electron chi connectivity index (χ4n) is 1.57. The van der Waals surface area contributed by atoms with Gasteiger partial charge in [0.15, 0.2) is 5.78 Å². The van der Waals surface area contributed by atoms with E-state index >= 15 is 0 Å². The third kappa shape index (κ3) is 4.65. The van der Waals surface area contributed by atoms with Gasteiger partial charge in [-0.25, -0.2) is 4.79 Å². The zero-order valence-electron chi connectivity index (χ0n) is 10.9. The Kier molecular flexibility index (Phi) is 5.41. The zero-order valence-corrected chi connectivity index (χ0v) is 10.9. The second-order valence-electron chi connectivity index (χ2n) is 4.46. The summed E-state index contributed by atoms with van der Waals surface area (Å²) in [4.78, 5) is 49.7. The van der Waals surface area contributed by atoms with E-state index in [1.54, 1.807) is 6.92 Å². The standard InChI is InChI=1S/C13H17NO5/c1-9(2)10(15)5-3-4-6-13(18)19-14-11(16)7-8-12(14)17/h1,3-8H2,2H3. The number of ketones is 1. The number of unbranched alkanes of at least 4 members (excludes halogenated alkanes) is 1. The van der Waals surface area contributed by atoms with Gasteiger partial charge in [0.2, 0.25) is 0 Å². The molecule has 0 bridgehead atoms. The van der Waals surface area contributed by atoms with E-state index in [2.05, 4.69) is 11.4 Å². The highest BCUT2D eigenvalue weighted by Gasteiger charge is 2.32. The van der Waals surface area contributed by atoms with Crippen molar-refractivity contribution in [3.63, 3.8) is 0 Å². The maximum Gasteiger partial charge on any atom is 0.333 e.